The SMILES string of the molecule is C=CCCC(NCC)C(C)(C)c1ccc(F)cc1. The van der Waals surface area contributed by atoms with E-state index >= 15 is 0 Å². The largest absolute Gasteiger partial charge is 0.313 e. The highest BCUT2D eigenvalue weighted by molar-refractivity contribution is 5.26. The molecule has 0 aliphatic carbocycles. The second-order valence-corrected chi connectivity index (χ2v) is 5.20. The van der Waals surface area contributed by atoms with Crippen molar-refractivity contribution in [3.05, 3.63) is 48.3 Å². The Bertz CT molecular complexity index is 367. The van der Waals surface area contributed by atoms with Crippen LogP contribution < -0.4 is 5.32 Å². The van der Waals surface area contributed by atoms with Crippen LogP contribution in [0.1, 0.15) is 39.2 Å². The number of nitrogens with one attached hydrogen (secondary N) is 1. The molecule has 0 bridgehead atoms. The Morgan fingerprint density at radius 1 is 1.33 bits per heavy atom. The van der Waals surface area contributed by atoms with Crippen molar-refractivity contribution in [2.45, 2.75) is 45.1 Å². The lowest BCUT2D eigenvalue weighted by Gasteiger charge is -2.35. The van der Waals surface area contributed by atoms with Gasteiger partial charge in [-0.15, -0.1) is 6.58 Å². The number of halogens is 1. The molecule has 0 amide bonds. The van der Waals surface area contributed by atoms with E-state index in [1.54, 1.807) is 0 Å². The third-order valence-corrected chi connectivity index (χ3v) is 3.57. The van der Waals surface area contributed by atoms with Crippen LogP contribution in [-0.2, 0) is 5.41 Å². The van der Waals surface area contributed by atoms with E-state index in [9.17, 15) is 4.39 Å². The number of rotatable bonds is 7. The minimum Gasteiger partial charge on any atom is -0.313 e. The third kappa shape index (κ3) is 3.67. The van der Waals surface area contributed by atoms with Gasteiger partial charge in [0.15, 0.2) is 0 Å². The van der Waals surface area contributed by atoms with Gasteiger partial charge in [-0.2, -0.15) is 0 Å². The maximum atomic E-state index is 13.0. The highest BCUT2D eigenvalue weighted by Crippen LogP contribution is 2.29. The van der Waals surface area contributed by atoms with E-state index in [4.69, 9.17) is 0 Å². The van der Waals surface area contributed by atoms with E-state index in [0.29, 0.717) is 6.04 Å². The highest BCUT2D eigenvalue weighted by Gasteiger charge is 2.30. The summed E-state index contributed by atoms with van der Waals surface area (Å²) in [4.78, 5) is 0. The van der Waals surface area contributed by atoms with Gasteiger partial charge in [0.05, 0.1) is 0 Å². The molecule has 1 nitrogen and oxygen atoms in total. The first kappa shape index (κ1) is 14.9. The summed E-state index contributed by atoms with van der Waals surface area (Å²) >= 11 is 0. The molecular weight excluding hydrogens is 225 g/mol. The quantitative estimate of drug-likeness (QED) is 0.719. The first-order chi connectivity index (χ1) is 8.52. The average Bonchev–Trinajstić information content (AvgIpc) is 2.35. The second kappa shape index (κ2) is 6.69. The summed E-state index contributed by atoms with van der Waals surface area (Å²) < 4.78 is 13.0. The number of likely N-dealkylation sites (N-methyl/N-ethyl adjacent to an activating group) is 1. The van der Waals surface area contributed by atoms with Crippen LogP contribution in [0.2, 0.25) is 0 Å². The van der Waals surface area contributed by atoms with Crippen molar-refractivity contribution in [3.8, 4) is 0 Å². The molecule has 0 spiro atoms. The Kier molecular flexibility index (Phi) is 5.54. The van der Waals surface area contributed by atoms with Crippen LogP contribution in [-0.4, -0.2) is 12.6 Å². The maximum absolute atomic E-state index is 13.0. The minimum absolute atomic E-state index is 0.0211. The Balaban J connectivity index is 2.91. The Hall–Kier alpha value is -1.15. The van der Waals surface area contributed by atoms with E-state index in [0.717, 1.165) is 19.4 Å². The van der Waals surface area contributed by atoms with Crippen LogP contribution in [0.3, 0.4) is 0 Å². The first-order valence-electron chi connectivity index (χ1n) is 6.62. The van der Waals surface area contributed by atoms with E-state index < -0.39 is 0 Å². The van der Waals surface area contributed by atoms with Crippen LogP contribution >= 0.6 is 0 Å². The molecule has 0 radical (unpaired) electrons. The number of hydrogen-bond donors (Lipinski definition) is 1. The lowest BCUT2D eigenvalue weighted by Crippen LogP contribution is -2.44. The van der Waals surface area contributed by atoms with Crippen molar-refractivity contribution in [1.29, 1.82) is 0 Å². The van der Waals surface area contributed by atoms with Crippen LogP contribution in [0.5, 0.6) is 0 Å². The van der Waals surface area contributed by atoms with Crippen molar-refractivity contribution >= 4 is 0 Å². The fourth-order valence-corrected chi connectivity index (χ4v) is 2.33. The molecule has 0 fully saturated rings. The monoisotopic (exact) mass is 249 g/mol. The summed E-state index contributed by atoms with van der Waals surface area (Å²) in [5, 5.41) is 3.53. The zero-order valence-electron chi connectivity index (χ0n) is 11.7. The molecule has 1 atom stereocenters. The Morgan fingerprint density at radius 2 is 1.94 bits per heavy atom. The van der Waals surface area contributed by atoms with Crippen molar-refractivity contribution in [2.75, 3.05) is 6.54 Å². The first-order valence-corrected chi connectivity index (χ1v) is 6.62. The molecular formula is C16H24FN. The summed E-state index contributed by atoms with van der Waals surface area (Å²) in [6, 6.07) is 7.20. The summed E-state index contributed by atoms with van der Waals surface area (Å²) in [6.45, 7) is 11.2. The predicted octanol–water partition coefficient (Wildman–Crippen LogP) is 4.05. The normalized spacial score (nSPS) is 13.3. The van der Waals surface area contributed by atoms with Crippen LogP contribution in [0.25, 0.3) is 0 Å². The maximum Gasteiger partial charge on any atom is 0.123 e. The van der Waals surface area contributed by atoms with E-state index in [-0.39, 0.29) is 11.2 Å². The van der Waals surface area contributed by atoms with E-state index in [2.05, 4.69) is 32.7 Å². The van der Waals surface area contributed by atoms with Gasteiger partial charge in [0.25, 0.3) is 0 Å². The molecule has 0 heterocycles. The molecule has 100 valence electrons. The van der Waals surface area contributed by atoms with Crippen molar-refractivity contribution in [3.63, 3.8) is 0 Å². The zero-order chi connectivity index (χ0) is 13.6. The van der Waals surface area contributed by atoms with Gasteiger partial charge in [0.2, 0.25) is 0 Å². The fourth-order valence-electron chi connectivity index (χ4n) is 2.33. The van der Waals surface area contributed by atoms with Crippen molar-refractivity contribution in [1.82, 2.24) is 5.32 Å². The number of benzene rings is 1. The average molecular weight is 249 g/mol. The van der Waals surface area contributed by atoms with Gasteiger partial charge in [-0.05, 0) is 37.1 Å². The van der Waals surface area contributed by atoms with Gasteiger partial charge in [-0.25, -0.2) is 4.39 Å². The standard InChI is InChI=1S/C16H24FN/c1-5-7-8-15(18-6-2)16(3,4)13-9-11-14(17)12-10-13/h5,9-12,15,18H,1,6-8H2,2-4H3. The molecule has 0 saturated heterocycles. The summed E-state index contributed by atoms with van der Waals surface area (Å²) in [5.41, 5.74) is 1.14. The van der Waals surface area contributed by atoms with Crippen LogP contribution in [0.4, 0.5) is 4.39 Å². The second-order valence-electron chi connectivity index (χ2n) is 5.20. The van der Waals surface area contributed by atoms with Gasteiger partial charge in [0.1, 0.15) is 5.82 Å². The van der Waals surface area contributed by atoms with E-state index in [1.165, 1.54) is 17.7 Å². The van der Waals surface area contributed by atoms with Crippen molar-refractivity contribution < 1.29 is 4.39 Å². The van der Waals surface area contributed by atoms with Gasteiger partial charge in [-0.3, -0.25) is 0 Å². The van der Waals surface area contributed by atoms with Gasteiger partial charge >= 0.3 is 0 Å². The smallest absolute Gasteiger partial charge is 0.123 e. The zero-order valence-corrected chi connectivity index (χ0v) is 11.7. The fraction of sp³-hybridized carbons (Fsp3) is 0.500. The Labute approximate surface area is 110 Å². The van der Waals surface area contributed by atoms with Gasteiger partial charge < -0.3 is 5.32 Å². The van der Waals surface area contributed by atoms with Gasteiger partial charge in [-0.1, -0.05) is 39.0 Å². The molecule has 2 heteroatoms. The molecule has 0 saturated carbocycles. The molecule has 18 heavy (non-hydrogen) atoms. The topological polar surface area (TPSA) is 12.0 Å². The Morgan fingerprint density at radius 3 is 2.44 bits per heavy atom. The van der Waals surface area contributed by atoms with Crippen molar-refractivity contribution in [2.24, 2.45) is 0 Å². The predicted molar refractivity (Wildman–Crippen MR) is 76.3 cm³/mol. The molecule has 1 N–H and O–H groups in total. The molecule has 0 aromatic heterocycles. The molecule has 1 unspecified atom stereocenters. The third-order valence-electron chi connectivity index (χ3n) is 3.57. The molecule has 0 aliphatic heterocycles. The van der Waals surface area contributed by atoms with E-state index in [1.807, 2.05) is 18.2 Å². The summed E-state index contributed by atoms with van der Waals surface area (Å²) in [7, 11) is 0. The molecule has 1 aromatic rings. The lowest BCUT2D eigenvalue weighted by molar-refractivity contribution is 0.329. The van der Waals surface area contributed by atoms with Gasteiger partial charge in [0, 0.05) is 11.5 Å². The molecule has 1 rings (SSSR count). The summed E-state index contributed by atoms with van der Waals surface area (Å²) in [6.07, 6.45) is 3.98. The summed E-state index contributed by atoms with van der Waals surface area (Å²) in [5.74, 6) is -0.180. The number of allylic oxidation sites excluding steroid dienone is 1. The number of hydrogen-bond acceptors (Lipinski definition) is 1. The molecule has 0 aliphatic rings. The minimum atomic E-state index is -0.180. The lowest BCUT2D eigenvalue weighted by atomic mass is 9.76. The highest BCUT2D eigenvalue weighted by atomic mass is 19.1. The van der Waals surface area contributed by atoms with Crippen LogP contribution in [0, 0.1) is 5.82 Å². The van der Waals surface area contributed by atoms with Crippen LogP contribution in [0.15, 0.2) is 36.9 Å². The molecule has 1 aromatic carbocycles.